The van der Waals surface area contributed by atoms with Crippen molar-refractivity contribution in [3.8, 4) is 0 Å². The average Bonchev–Trinajstić information content (AvgIpc) is 2.81. The Balaban J connectivity index is 2.45. The van der Waals surface area contributed by atoms with Gasteiger partial charge in [-0.1, -0.05) is 13.0 Å². The number of carbonyl (C=O) groups is 1. The van der Waals surface area contributed by atoms with E-state index in [1.807, 2.05) is 25.3 Å². The van der Waals surface area contributed by atoms with Crippen LogP contribution in [-0.4, -0.2) is 23.3 Å². The van der Waals surface area contributed by atoms with Crippen LogP contribution < -0.4 is 0 Å². The third-order valence-corrected chi connectivity index (χ3v) is 4.65. The predicted molar refractivity (Wildman–Crippen MR) is 84.2 cm³/mol. The van der Waals surface area contributed by atoms with Gasteiger partial charge in [-0.25, -0.2) is 0 Å². The minimum Gasteiger partial charge on any atom is -0.468 e. The number of hydrogen-bond donors (Lipinski definition) is 2. The number of esters is 1. The summed E-state index contributed by atoms with van der Waals surface area (Å²) in [5.74, 6) is -0.309. The number of methoxy groups -OCH3 is 1. The van der Waals surface area contributed by atoms with Crippen molar-refractivity contribution < 1.29 is 9.53 Å². The molecule has 2 aromatic rings. The van der Waals surface area contributed by atoms with E-state index < -0.39 is 5.25 Å². The van der Waals surface area contributed by atoms with E-state index in [1.165, 1.54) is 10.7 Å². The number of benzene rings is 1. The van der Waals surface area contributed by atoms with Crippen molar-refractivity contribution >= 4 is 52.1 Å². The number of nitrogens with one attached hydrogen (secondary N) is 1. The Kier molecular flexibility index (Phi) is 4.21. The molecule has 0 aliphatic heterocycles. The lowest BCUT2D eigenvalue weighted by Crippen LogP contribution is -2.22. The molecule has 96 valence electrons. The number of carbonyl (C=O) groups excluding carboxylic acids is 1. The Hall–Kier alpha value is -0.690. The normalized spacial score (nSPS) is 14.4. The number of hydrogen-bond acceptors (Lipinski definition) is 3. The molecule has 2 atom stereocenters. The molecular formula is C13H14INO2S. The molecule has 0 aliphatic carbocycles. The van der Waals surface area contributed by atoms with E-state index >= 15 is 0 Å². The molecule has 1 aromatic carbocycles. The molecule has 1 aromatic heterocycles. The molecule has 0 bridgehead atoms. The number of halogens is 1. The quantitative estimate of drug-likeness (QED) is 0.491. The third kappa shape index (κ3) is 2.38. The number of thiol groups is 1. The first-order chi connectivity index (χ1) is 8.56. The topological polar surface area (TPSA) is 42.1 Å². The fourth-order valence-corrected chi connectivity index (χ4v) is 3.10. The van der Waals surface area contributed by atoms with Gasteiger partial charge < -0.3 is 9.72 Å². The summed E-state index contributed by atoms with van der Waals surface area (Å²) in [6, 6.07) is 6.09. The first-order valence-corrected chi connectivity index (χ1v) is 7.17. The highest BCUT2D eigenvalue weighted by atomic mass is 127. The molecule has 0 spiro atoms. The maximum atomic E-state index is 11.6. The molecule has 18 heavy (non-hydrogen) atoms. The maximum Gasteiger partial charge on any atom is 0.319 e. The van der Waals surface area contributed by atoms with Gasteiger partial charge in [0, 0.05) is 26.6 Å². The lowest BCUT2D eigenvalue weighted by atomic mass is 9.97. The predicted octanol–water partition coefficient (Wildman–Crippen LogP) is 3.35. The van der Waals surface area contributed by atoms with E-state index in [-0.39, 0.29) is 11.9 Å². The highest BCUT2D eigenvalue weighted by Gasteiger charge is 2.25. The lowest BCUT2D eigenvalue weighted by Gasteiger charge is -2.16. The first-order valence-electron chi connectivity index (χ1n) is 5.57. The van der Waals surface area contributed by atoms with Crippen LogP contribution >= 0.6 is 35.2 Å². The average molecular weight is 375 g/mol. The van der Waals surface area contributed by atoms with E-state index in [9.17, 15) is 4.79 Å². The summed E-state index contributed by atoms with van der Waals surface area (Å²) < 4.78 is 5.91. The molecule has 5 heteroatoms. The van der Waals surface area contributed by atoms with Gasteiger partial charge in [0.1, 0.15) is 5.25 Å². The van der Waals surface area contributed by atoms with Gasteiger partial charge in [0.25, 0.3) is 0 Å². The molecule has 0 unspecified atom stereocenters. The largest absolute Gasteiger partial charge is 0.468 e. The summed E-state index contributed by atoms with van der Waals surface area (Å²) in [5, 5.41) is 0.707. The monoisotopic (exact) mass is 375 g/mol. The van der Waals surface area contributed by atoms with Gasteiger partial charge in [-0.15, -0.1) is 0 Å². The van der Waals surface area contributed by atoms with Crippen LogP contribution in [0.1, 0.15) is 18.4 Å². The second-order valence-electron chi connectivity index (χ2n) is 4.16. The van der Waals surface area contributed by atoms with Crippen molar-refractivity contribution in [2.45, 2.75) is 18.1 Å². The van der Waals surface area contributed by atoms with Crippen LogP contribution in [0.5, 0.6) is 0 Å². The molecule has 0 aliphatic rings. The highest BCUT2D eigenvalue weighted by molar-refractivity contribution is 14.1. The Morgan fingerprint density at radius 1 is 1.50 bits per heavy atom. The Labute approximate surface area is 125 Å². The van der Waals surface area contributed by atoms with Crippen LogP contribution in [0, 0.1) is 3.57 Å². The van der Waals surface area contributed by atoms with Gasteiger partial charge in [-0.05, 0) is 40.3 Å². The molecule has 0 amide bonds. The van der Waals surface area contributed by atoms with Crippen LogP contribution in [0.3, 0.4) is 0 Å². The second-order valence-corrected chi connectivity index (χ2v) is 5.88. The summed E-state index contributed by atoms with van der Waals surface area (Å²) in [6.45, 7) is 1.99. The Morgan fingerprint density at radius 2 is 2.22 bits per heavy atom. The fraction of sp³-hybridized carbons (Fsp3) is 0.308. The number of H-pyrrole nitrogens is 1. The highest BCUT2D eigenvalue weighted by Crippen LogP contribution is 2.32. The number of rotatable bonds is 3. The van der Waals surface area contributed by atoms with Gasteiger partial charge in [0.15, 0.2) is 0 Å². The van der Waals surface area contributed by atoms with Gasteiger partial charge in [-0.3, -0.25) is 4.79 Å². The van der Waals surface area contributed by atoms with Crippen molar-refractivity contribution in [2.75, 3.05) is 7.11 Å². The number of aromatic nitrogens is 1. The van der Waals surface area contributed by atoms with Crippen LogP contribution in [-0.2, 0) is 9.53 Å². The summed E-state index contributed by atoms with van der Waals surface area (Å²) in [7, 11) is 1.39. The van der Waals surface area contributed by atoms with Crippen molar-refractivity contribution in [1.82, 2.24) is 4.98 Å². The van der Waals surface area contributed by atoms with Crippen molar-refractivity contribution in [3.63, 3.8) is 0 Å². The molecule has 0 saturated heterocycles. The van der Waals surface area contributed by atoms with E-state index in [1.54, 1.807) is 0 Å². The molecule has 0 fully saturated rings. The van der Waals surface area contributed by atoms with Crippen LogP contribution in [0.2, 0.25) is 0 Å². The Bertz CT molecular complexity index is 581. The standard InChI is InChI=1S/C13H14INO2S/c1-7(12(18)13(16)17-2)8-6-15-10-5-3-4-9(14)11(8)10/h3-7,12,15,18H,1-2H3/t7-,12+/m0/s1. The van der Waals surface area contributed by atoms with Gasteiger partial charge in [-0.2, -0.15) is 12.6 Å². The molecule has 0 radical (unpaired) electrons. The van der Waals surface area contributed by atoms with Gasteiger partial charge >= 0.3 is 5.97 Å². The van der Waals surface area contributed by atoms with Gasteiger partial charge in [0.2, 0.25) is 0 Å². The number of ether oxygens (including phenoxy) is 1. The smallest absolute Gasteiger partial charge is 0.319 e. The van der Waals surface area contributed by atoms with Crippen molar-refractivity contribution in [1.29, 1.82) is 0 Å². The fourth-order valence-electron chi connectivity index (χ4n) is 2.02. The molecule has 0 saturated carbocycles. The Morgan fingerprint density at radius 3 is 2.89 bits per heavy atom. The number of aromatic amines is 1. The van der Waals surface area contributed by atoms with Crippen molar-refractivity contribution in [3.05, 3.63) is 33.5 Å². The second kappa shape index (κ2) is 5.52. The minimum atomic E-state index is -0.454. The van der Waals surface area contributed by atoms with Crippen molar-refractivity contribution in [2.24, 2.45) is 0 Å². The zero-order chi connectivity index (χ0) is 13.3. The third-order valence-electron chi connectivity index (χ3n) is 3.09. The minimum absolute atomic E-state index is 0.00884. The lowest BCUT2D eigenvalue weighted by molar-refractivity contribution is -0.140. The van der Waals surface area contributed by atoms with Crippen LogP contribution in [0.15, 0.2) is 24.4 Å². The zero-order valence-corrected chi connectivity index (χ0v) is 13.2. The van der Waals surface area contributed by atoms with E-state index in [0.29, 0.717) is 0 Å². The molecular weight excluding hydrogens is 361 g/mol. The van der Waals surface area contributed by atoms with E-state index in [2.05, 4.69) is 46.3 Å². The first kappa shape index (κ1) is 13.7. The molecule has 2 rings (SSSR count). The van der Waals surface area contributed by atoms with E-state index in [0.717, 1.165) is 16.5 Å². The zero-order valence-electron chi connectivity index (χ0n) is 10.1. The molecule has 1 heterocycles. The van der Waals surface area contributed by atoms with Crippen LogP contribution in [0.25, 0.3) is 10.9 Å². The maximum absolute atomic E-state index is 11.6. The SMILES string of the molecule is COC(=O)[C@H](S)[C@@H](C)c1c[nH]c2cccc(I)c12. The summed E-state index contributed by atoms with van der Waals surface area (Å²) in [4.78, 5) is 14.8. The summed E-state index contributed by atoms with van der Waals surface area (Å²) in [6.07, 6.45) is 1.95. The molecule has 3 nitrogen and oxygen atoms in total. The summed E-state index contributed by atoms with van der Waals surface area (Å²) >= 11 is 6.66. The molecule has 1 N–H and O–H groups in total. The van der Waals surface area contributed by atoms with E-state index in [4.69, 9.17) is 4.74 Å². The number of fused-ring (bicyclic) bond motifs is 1. The van der Waals surface area contributed by atoms with Gasteiger partial charge in [0.05, 0.1) is 7.11 Å². The van der Waals surface area contributed by atoms with Crippen LogP contribution in [0.4, 0.5) is 0 Å². The summed E-state index contributed by atoms with van der Waals surface area (Å²) in [5.41, 5.74) is 2.18.